The molecule has 0 unspecified atom stereocenters. The molecule has 0 aliphatic heterocycles. The maximum atomic E-state index is 6.03. The lowest BCUT2D eigenvalue weighted by molar-refractivity contribution is 0.0886. The zero-order valence-corrected chi connectivity index (χ0v) is 15.9. The summed E-state index contributed by atoms with van der Waals surface area (Å²) in [7, 11) is 4.11. The van der Waals surface area contributed by atoms with Crippen molar-refractivity contribution in [2.45, 2.75) is 40.5 Å². The van der Waals surface area contributed by atoms with E-state index in [1.165, 1.54) is 11.1 Å². The van der Waals surface area contributed by atoms with E-state index in [1.54, 1.807) is 0 Å². The Kier molecular flexibility index (Phi) is 9.27. The van der Waals surface area contributed by atoms with Crippen LogP contribution >= 0.6 is 0 Å². The first-order valence-electron chi connectivity index (χ1n) is 8.85. The molecular formula is C20H35NO2. The normalized spacial score (nSPS) is 11.7. The molecule has 0 saturated heterocycles. The highest BCUT2D eigenvalue weighted by atomic mass is 16.5. The summed E-state index contributed by atoms with van der Waals surface area (Å²) in [6, 6.07) is 6.70. The summed E-state index contributed by atoms with van der Waals surface area (Å²) in [6.45, 7) is 12.0. The van der Waals surface area contributed by atoms with Gasteiger partial charge in [0.05, 0.1) is 13.2 Å². The third kappa shape index (κ3) is 8.97. The summed E-state index contributed by atoms with van der Waals surface area (Å²) in [6.07, 6.45) is 2.15. The molecule has 23 heavy (non-hydrogen) atoms. The van der Waals surface area contributed by atoms with Crippen molar-refractivity contribution in [2.75, 3.05) is 40.5 Å². The molecule has 0 amide bonds. The zero-order chi connectivity index (χ0) is 17.2. The first-order valence-corrected chi connectivity index (χ1v) is 8.85. The maximum absolute atomic E-state index is 6.03. The largest absolute Gasteiger partial charge is 0.491 e. The van der Waals surface area contributed by atoms with Crippen LogP contribution in [0.3, 0.4) is 0 Å². The van der Waals surface area contributed by atoms with Crippen LogP contribution in [0.5, 0.6) is 5.75 Å². The summed E-state index contributed by atoms with van der Waals surface area (Å²) in [5.74, 6) is 2.32. The molecule has 0 spiro atoms. The SMILES string of the molecule is CC(C)Cc1ccc(CC(C)C)c(OCCOCCN(C)C)c1. The Balaban J connectivity index is 2.57. The Morgan fingerprint density at radius 3 is 2.22 bits per heavy atom. The number of rotatable bonds is 11. The number of likely N-dealkylation sites (N-methyl/N-ethyl adjacent to an activating group) is 1. The van der Waals surface area contributed by atoms with Crippen LogP contribution in [0.15, 0.2) is 18.2 Å². The Morgan fingerprint density at radius 2 is 1.61 bits per heavy atom. The minimum absolute atomic E-state index is 0.615. The van der Waals surface area contributed by atoms with Gasteiger partial charge in [-0.1, -0.05) is 39.8 Å². The van der Waals surface area contributed by atoms with Gasteiger partial charge >= 0.3 is 0 Å². The number of ether oxygens (including phenoxy) is 2. The minimum Gasteiger partial charge on any atom is -0.491 e. The summed E-state index contributed by atoms with van der Waals surface area (Å²) < 4.78 is 11.6. The molecule has 0 radical (unpaired) electrons. The van der Waals surface area contributed by atoms with Crippen molar-refractivity contribution in [1.82, 2.24) is 4.90 Å². The van der Waals surface area contributed by atoms with Gasteiger partial charge in [-0.05, 0) is 56.0 Å². The van der Waals surface area contributed by atoms with Crippen molar-refractivity contribution < 1.29 is 9.47 Å². The molecule has 3 nitrogen and oxygen atoms in total. The summed E-state index contributed by atoms with van der Waals surface area (Å²) in [4.78, 5) is 2.12. The number of hydrogen-bond donors (Lipinski definition) is 0. The lowest BCUT2D eigenvalue weighted by atomic mass is 9.97. The molecule has 0 heterocycles. The molecule has 0 aromatic heterocycles. The topological polar surface area (TPSA) is 21.7 Å². The van der Waals surface area contributed by atoms with Gasteiger partial charge in [-0.25, -0.2) is 0 Å². The van der Waals surface area contributed by atoms with E-state index in [4.69, 9.17) is 9.47 Å². The van der Waals surface area contributed by atoms with Crippen LogP contribution in [0.2, 0.25) is 0 Å². The fourth-order valence-corrected chi connectivity index (χ4v) is 2.50. The van der Waals surface area contributed by atoms with Crippen LogP contribution < -0.4 is 4.74 Å². The fraction of sp³-hybridized carbons (Fsp3) is 0.700. The van der Waals surface area contributed by atoms with E-state index in [0.29, 0.717) is 25.0 Å². The minimum atomic E-state index is 0.615. The van der Waals surface area contributed by atoms with Gasteiger partial charge in [-0.3, -0.25) is 0 Å². The second-order valence-electron chi connectivity index (χ2n) is 7.40. The molecule has 0 fully saturated rings. The second kappa shape index (κ2) is 10.7. The van der Waals surface area contributed by atoms with E-state index in [2.05, 4.69) is 64.9 Å². The van der Waals surface area contributed by atoms with Crippen molar-refractivity contribution in [2.24, 2.45) is 11.8 Å². The van der Waals surface area contributed by atoms with Crippen molar-refractivity contribution in [3.8, 4) is 5.75 Å². The fourth-order valence-electron chi connectivity index (χ4n) is 2.50. The van der Waals surface area contributed by atoms with Crippen molar-refractivity contribution >= 4 is 0 Å². The predicted molar refractivity (Wildman–Crippen MR) is 98.4 cm³/mol. The van der Waals surface area contributed by atoms with Crippen LogP contribution in [-0.4, -0.2) is 45.4 Å². The molecule has 1 aromatic rings. The number of nitrogens with zero attached hydrogens (tertiary/aromatic N) is 1. The lowest BCUT2D eigenvalue weighted by Crippen LogP contribution is -2.19. The van der Waals surface area contributed by atoms with Crippen molar-refractivity contribution in [1.29, 1.82) is 0 Å². The first kappa shape index (κ1) is 20.0. The highest BCUT2D eigenvalue weighted by molar-refractivity contribution is 5.38. The molecule has 3 heteroatoms. The van der Waals surface area contributed by atoms with Crippen molar-refractivity contribution in [3.63, 3.8) is 0 Å². The first-order chi connectivity index (χ1) is 10.9. The third-order valence-electron chi connectivity index (χ3n) is 3.57. The monoisotopic (exact) mass is 321 g/mol. The molecule has 0 saturated carbocycles. The van der Waals surface area contributed by atoms with E-state index in [9.17, 15) is 0 Å². The Bertz CT molecular complexity index is 441. The number of hydrogen-bond acceptors (Lipinski definition) is 3. The van der Waals surface area contributed by atoms with Crippen LogP contribution in [0.25, 0.3) is 0 Å². The quantitative estimate of drug-likeness (QED) is 0.574. The molecule has 0 bridgehead atoms. The molecule has 132 valence electrons. The molecular weight excluding hydrogens is 286 g/mol. The zero-order valence-electron chi connectivity index (χ0n) is 15.9. The summed E-state index contributed by atoms with van der Waals surface area (Å²) in [5, 5.41) is 0. The van der Waals surface area contributed by atoms with Gasteiger partial charge in [0.1, 0.15) is 12.4 Å². The standard InChI is InChI=1S/C20H35NO2/c1-16(2)13-18-7-8-19(14-17(3)4)20(15-18)23-12-11-22-10-9-21(5)6/h7-8,15-17H,9-14H2,1-6H3. The summed E-state index contributed by atoms with van der Waals surface area (Å²) in [5.41, 5.74) is 2.66. The number of benzene rings is 1. The van der Waals surface area contributed by atoms with Crippen molar-refractivity contribution in [3.05, 3.63) is 29.3 Å². The van der Waals surface area contributed by atoms with Gasteiger partial charge in [-0.15, -0.1) is 0 Å². The van der Waals surface area contributed by atoms with Crippen LogP contribution in [0.1, 0.15) is 38.8 Å². The smallest absolute Gasteiger partial charge is 0.122 e. The Hall–Kier alpha value is -1.06. The Morgan fingerprint density at radius 1 is 0.913 bits per heavy atom. The van der Waals surface area contributed by atoms with Crippen LogP contribution in [-0.2, 0) is 17.6 Å². The highest BCUT2D eigenvalue weighted by Gasteiger charge is 2.09. The lowest BCUT2D eigenvalue weighted by Gasteiger charge is -2.16. The van der Waals surface area contributed by atoms with E-state index in [1.807, 2.05) is 0 Å². The van der Waals surface area contributed by atoms with E-state index in [-0.39, 0.29) is 0 Å². The molecule has 0 aliphatic carbocycles. The molecule has 0 aliphatic rings. The van der Waals surface area contributed by atoms with E-state index < -0.39 is 0 Å². The molecule has 0 atom stereocenters. The average molecular weight is 322 g/mol. The van der Waals surface area contributed by atoms with Gasteiger partial charge < -0.3 is 14.4 Å². The highest BCUT2D eigenvalue weighted by Crippen LogP contribution is 2.25. The van der Waals surface area contributed by atoms with Gasteiger partial charge in [0.2, 0.25) is 0 Å². The molecule has 0 N–H and O–H groups in total. The van der Waals surface area contributed by atoms with Gasteiger partial charge in [0.15, 0.2) is 0 Å². The molecule has 1 rings (SSSR count). The third-order valence-corrected chi connectivity index (χ3v) is 3.57. The van der Waals surface area contributed by atoms with Gasteiger partial charge in [0, 0.05) is 6.54 Å². The van der Waals surface area contributed by atoms with Gasteiger partial charge in [-0.2, -0.15) is 0 Å². The van der Waals surface area contributed by atoms with Crippen LogP contribution in [0, 0.1) is 11.8 Å². The molecule has 1 aromatic carbocycles. The second-order valence-corrected chi connectivity index (χ2v) is 7.40. The summed E-state index contributed by atoms with van der Waals surface area (Å²) >= 11 is 0. The Labute approximate surface area is 143 Å². The maximum Gasteiger partial charge on any atom is 0.122 e. The van der Waals surface area contributed by atoms with Crippen LogP contribution in [0.4, 0.5) is 0 Å². The predicted octanol–water partition coefficient (Wildman–Crippen LogP) is 4.04. The van der Waals surface area contributed by atoms with E-state index in [0.717, 1.165) is 31.7 Å². The van der Waals surface area contributed by atoms with Gasteiger partial charge in [0.25, 0.3) is 0 Å². The van der Waals surface area contributed by atoms with E-state index >= 15 is 0 Å². The average Bonchev–Trinajstić information content (AvgIpc) is 2.43.